The standard InChI is InChI=1S/C13H20N2O4/c1-15(2)14-13(19)10(5-6-16)7-9-3-4-11(17)8-12(9)18/h3-4,8,10,16-18H,5-7H2,1-2H3,(H,14,19). The third-order valence-corrected chi connectivity index (χ3v) is 2.72. The molecule has 0 fully saturated rings. The minimum Gasteiger partial charge on any atom is -0.508 e. The van der Waals surface area contributed by atoms with Crippen LogP contribution in [0.5, 0.6) is 11.5 Å². The molecule has 106 valence electrons. The first-order valence-electron chi connectivity index (χ1n) is 6.03. The van der Waals surface area contributed by atoms with Crippen LogP contribution in [0.3, 0.4) is 0 Å². The van der Waals surface area contributed by atoms with Crippen LogP contribution in [-0.2, 0) is 11.2 Å². The Balaban J connectivity index is 2.80. The molecule has 4 N–H and O–H groups in total. The molecule has 0 radical (unpaired) electrons. The van der Waals surface area contributed by atoms with Crippen molar-refractivity contribution in [3.8, 4) is 11.5 Å². The molecular formula is C13H20N2O4. The number of carbonyl (C=O) groups is 1. The van der Waals surface area contributed by atoms with Crippen molar-refractivity contribution < 1.29 is 20.1 Å². The van der Waals surface area contributed by atoms with Crippen LogP contribution < -0.4 is 5.43 Å². The summed E-state index contributed by atoms with van der Waals surface area (Å²) in [4.78, 5) is 11.9. The van der Waals surface area contributed by atoms with Crippen LogP contribution in [0.1, 0.15) is 12.0 Å². The van der Waals surface area contributed by atoms with E-state index in [2.05, 4.69) is 5.43 Å². The maximum absolute atomic E-state index is 11.9. The lowest BCUT2D eigenvalue weighted by atomic mass is 9.95. The molecule has 0 spiro atoms. The van der Waals surface area contributed by atoms with Gasteiger partial charge >= 0.3 is 0 Å². The number of hydrogen-bond donors (Lipinski definition) is 4. The minimum absolute atomic E-state index is 0.0299. The second-order valence-electron chi connectivity index (χ2n) is 4.60. The van der Waals surface area contributed by atoms with Gasteiger partial charge in [-0.1, -0.05) is 6.07 Å². The molecule has 0 aliphatic heterocycles. The van der Waals surface area contributed by atoms with Crippen LogP contribution in [0, 0.1) is 5.92 Å². The summed E-state index contributed by atoms with van der Waals surface area (Å²) in [7, 11) is 3.40. The second-order valence-corrected chi connectivity index (χ2v) is 4.60. The summed E-state index contributed by atoms with van der Waals surface area (Å²) in [5.74, 6) is -0.743. The Labute approximate surface area is 112 Å². The van der Waals surface area contributed by atoms with E-state index in [1.54, 1.807) is 20.2 Å². The molecule has 0 aliphatic carbocycles. The predicted molar refractivity (Wildman–Crippen MR) is 70.5 cm³/mol. The van der Waals surface area contributed by atoms with Gasteiger partial charge in [0, 0.05) is 32.7 Å². The molecule has 0 aromatic heterocycles. The number of phenolic OH excluding ortho intramolecular Hbond substituents is 2. The topological polar surface area (TPSA) is 93.0 Å². The molecule has 0 bridgehead atoms. The van der Waals surface area contributed by atoms with E-state index in [4.69, 9.17) is 5.11 Å². The highest BCUT2D eigenvalue weighted by Gasteiger charge is 2.20. The molecule has 1 amide bonds. The van der Waals surface area contributed by atoms with E-state index in [1.807, 2.05) is 0 Å². The third-order valence-electron chi connectivity index (χ3n) is 2.72. The van der Waals surface area contributed by atoms with Crippen molar-refractivity contribution in [1.82, 2.24) is 10.4 Å². The number of rotatable bonds is 6. The van der Waals surface area contributed by atoms with E-state index in [9.17, 15) is 15.0 Å². The summed E-state index contributed by atoms with van der Waals surface area (Å²) >= 11 is 0. The average Bonchev–Trinajstić information content (AvgIpc) is 2.30. The number of benzene rings is 1. The van der Waals surface area contributed by atoms with Crippen molar-refractivity contribution in [1.29, 1.82) is 0 Å². The summed E-state index contributed by atoms with van der Waals surface area (Å²) in [6.45, 7) is -0.107. The second kappa shape index (κ2) is 6.96. The van der Waals surface area contributed by atoms with Crippen molar-refractivity contribution in [2.75, 3.05) is 20.7 Å². The number of nitrogens with zero attached hydrogens (tertiary/aromatic N) is 1. The van der Waals surface area contributed by atoms with Crippen LogP contribution in [0.4, 0.5) is 0 Å². The lowest BCUT2D eigenvalue weighted by molar-refractivity contribution is -0.129. The number of phenols is 2. The van der Waals surface area contributed by atoms with E-state index in [-0.39, 0.29) is 24.0 Å². The zero-order chi connectivity index (χ0) is 14.4. The highest BCUT2D eigenvalue weighted by Crippen LogP contribution is 2.25. The smallest absolute Gasteiger partial charge is 0.237 e. The zero-order valence-electron chi connectivity index (χ0n) is 11.1. The monoisotopic (exact) mass is 268 g/mol. The van der Waals surface area contributed by atoms with Gasteiger partial charge in [-0.25, -0.2) is 5.01 Å². The Morgan fingerprint density at radius 2 is 2.05 bits per heavy atom. The first-order valence-corrected chi connectivity index (χ1v) is 6.03. The van der Waals surface area contributed by atoms with Gasteiger partial charge in [0.05, 0.1) is 0 Å². The van der Waals surface area contributed by atoms with Crippen molar-refractivity contribution in [3.63, 3.8) is 0 Å². The molecule has 1 aromatic carbocycles. The van der Waals surface area contributed by atoms with Gasteiger partial charge in [0.15, 0.2) is 0 Å². The molecule has 1 atom stereocenters. The summed E-state index contributed by atoms with van der Waals surface area (Å²) in [5, 5.41) is 29.5. The first-order chi connectivity index (χ1) is 8.93. The van der Waals surface area contributed by atoms with Crippen molar-refractivity contribution in [2.24, 2.45) is 5.92 Å². The van der Waals surface area contributed by atoms with E-state index < -0.39 is 5.92 Å². The predicted octanol–water partition coefficient (Wildman–Crippen LogP) is 0.232. The lowest BCUT2D eigenvalue weighted by Crippen LogP contribution is -2.41. The Morgan fingerprint density at radius 3 is 2.58 bits per heavy atom. The Bertz CT molecular complexity index is 435. The highest BCUT2D eigenvalue weighted by atomic mass is 16.3. The maximum Gasteiger partial charge on any atom is 0.237 e. The van der Waals surface area contributed by atoms with Crippen LogP contribution in [0.2, 0.25) is 0 Å². The number of amides is 1. The molecule has 1 rings (SSSR count). The van der Waals surface area contributed by atoms with Crippen LogP contribution in [-0.4, -0.2) is 46.9 Å². The number of aromatic hydroxyl groups is 2. The molecule has 0 saturated heterocycles. The van der Waals surface area contributed by atoms with Crippen LogP contribution in [0.15, 0.2) is 18.2 Å². The minimum atomic E-state index is -0.442. The van der Waals surface area contributed by atoms with Crippen LogP contribution in [0.25, 0.3) is 0 Å². The SMILES string of the molecule is CN(C)NC(=O)C(CCO)Cc1ccc(O)cc1O. The zero-order valence-corrected chi connectivity index (χ0v) is 11.1. The van der Waals surface area contributed by atoms with E-state index in [0.29, 0.717) is 18.4 Å². The summed E-state index contributed by atoms with van der Waals surface area (Å²) < 4.78 is 0. The van der Waals surface area contributed by atoms with Gasteiger partial charge in [-0.2, -0.15) is 0 Å². The van der Waals surface area contributed by atoms with Gasteiger partial charge in [0.2, 0.25) is 5.91 Å². The van der Waals surface area contributed by atoms with Gasteiger partial charge in [0.25, 0.3) is 0 Å². The summed E-state index contributed by atoms with van der Waals surface area (Å²) in [6.07, 6.45) is 0.604. The molecule has 0 aliphatic rings. The molecule has 0 saturated carbocycles. The fourth-order valence-corrected chi connectivity index (χ4v) is 1.78. The van der Waals surface area contributed by atoms with Crippen molar-refractivity contribution >= 4 is 5.91 Å². The quantitative estimate of drug-likeness (QED) is 0.554. The number of nitrogens with one attached hydrogen (secondary N) is 1. The number of aliphatic hydroxyl groups is 1. The molecular weight excluding hydrogens is 248 g/mol. The van der Waals surface area contributed by atoms with Gasteiger partial charge < -0.3 is 15.3 Å². The molecule has 1 aromatic rings. The molecule has 6 nitrogen and oxygen atoms in total. The first kappa shape index (κ1) is 15.3. The Hall–Kier alpha value is -1.79. The average molecular weight is 268 g/mol. The number of hydrazine groups is 1. The van der Waals surface area contributed by atoms with Crippen molar-refractivity contribution in [3.05, 3.63) is 23.8 Å². The van der Waals surface area contributed by atoms with Gasteiger partial charge in [-0.15, -0.1) is 0 Å². The van der Waals surface area contributed by atoms with Gasteiger partial charge in [-0.05, 0) is 24.5 Å². The third kappa shape index (κ3) is 4.76. The molecule has 19 heavy (non-hydrogen) atoms. The maximum atomic E-state index is 11.9. The number of aliphatic hydroxyl groups excluding tert-OH is 1. The van der Waals surface area contributed by atoms with Gasteiger partial charge in [0.1, 0.15) is 11.5 Å². The molecule has 1 unspecified atom stereocenters. The highest BCUT2D eigenvalue weighted by molar-refractivity contribution is 5.78. The van der Waals surface area contributed by atoms with Crippen LogP contribution >= 0.6 is 0 Å². The Kier molecular flexibility index (Phi) is 5.59. The van der Waals surface area contributed by atoms with E-state index in [1.165, 1.54) is 17.1 Å². The normalized spacial score (nSPS) is 12.4. The van der Waals surface area contributed by atoms with Crippen molar-refractivity contribution in [2.45, 2.75) is 12.8 Å². The molecule has 0 heterocycles. The fraction of sp³-hybridized carbons (Fsp3) is 0.462. The molecule has 6 heteroatoms. The largest absolute Gasteiger partial charge is 0.508 e. The fourth-order valence-electron chi connectivity index (χ4n) is 1.78. The number of hydrogen-bond acceptors (Lipinski definition) is 5. The van der Waals surface area contributed by atoms with E-state index in [0.717, 1.165) is 0 Å². The lowest BCUT2D eigenvalue weighted by Gasteiger charge is -2.19. The number of carbonyl (C=O) groups excluding carboxylic acids is 1. The summed E-state index contributed by atoms with van der Waals surface area (Å²) in [5.41, 5.74) is 3.19. The summed E-state index contributed by atoms with van der Waals surface area (Å²) in [6, 6.07) is 4.25. The van der Waals surface area contributed by atoms with Gasteiger partial charge in [-0.3, -0.25) is 10.2 Å². The van der Waals surface area contributed by atoms with E-state index >= 15 is 0 Å². The Morgan fingerprint density at radius 1 is 1.37 bits per heavy atom.